The maximum Gasteiger partial charge on any atom is 0.171 e. The number of ether oxygens (including phenoxy) is 2. The predicted octanol–water partition coefficient (Wildman–Crippen LogP) is 3.06. The van der Waals surface area contributed by atoms with Crippen molar-refractivity contribution in [1.29, 1.82) is 0 Å². The molecular weight excluding hydrogens is 382 g/mol. The molecule has 7 heteroatoms. The van der Waals surface area contributed by atoms with Gasteiger partial charge in [-0.05, 0) is 40.4 Å². The number of dihydropyridines is 1. The molecule has 1 fully saturated rings. The van der Waals surface area contributed by atoms with Crippen molar-refractivity contribution in [3.05, 3.63) is 39.9 Å². The molecule has 0 amide bonds. The Morgan fingerprint density at radius 1 is 1.33 bits per heavy atom. The Morgan fingerprint density at radius 2 is 2.17 bits per heavy atom. The van der Waals surface area contributed by atoms with Gasteiger partial charge in [0.25, 0.3) is 0 Å². The summed E-state index contributed by atoms with van der Waals surface area (Å²) in [4.78, 5) is 4.40. The molecule has 2 heterocycles. The lowest BCUT2D eigenvalue weighted by atomic mass is 9.87. The summed E-state index contributed by atoms with van der Waals surface area (Å²) in [5.74, 6) is -0.932. The highest BCUT2D eigenvalue weighted by atomic mass is 79.9. The number of methoxy groups -OCH3 is 1. The van der Waals surface area contributed by atoms with Crippen LogP contribution < -0.4 is 10.1 Å². The average molecular weight is 401 g/mol. The molecule has 0 bridgehead atoms. The monoisotopic (exact) mass is 400 g/mol. The van der Waals surface area contributed by atoms with Crippen molar-refractivity contribution >= 4 is 22.1 Å². The van der Waals surface area contributed by atoms with E-state index in [1.807, 2.05) is 0 Å². The fourth-order valence-corrected chi connectivity index (χ4v) is 3.56. The summed E-state index contributed by atoms with van der Waals surface area (Å²) >= 11 is 3.42. The van der Waals surface area contributed by atoms with Crippen LogP contribution in [0.1, 0.15) is 5.56 Å². The maximum absolute atomic E-state index is 14.6. The average Bonchev–Trinajstić information content (AvgIpc) is 2.96. The van der Waals surface area contributed by atoms with Crippen LogP contribution in [0.2, 0.25) is 0 Å². The first-order valence-electron chi connectivity index (χ1n) is 7.82. The molecule has 24 heavy (non-hydrogen) atoms. The zero-order valence-electron chi connectivity index (χ0n) is 13.3. The van der Waals surface area contributed by atoms with Gasteiger partial charge < -0.3 is 9.47 Å². The number of hydrogen-bond acceptors (Lipinski definition) is 4. The lowest BCUT2D eigenvalue weighted by Crippen LogP contribution is -2.26. The van der Waals surface area contributed by atoms with Gasteiger partial charge in [-0.15, -0.1) is 0 Å². The van der Waals surface area contributed by atoms with Crippen molar-refractivity contribution in [2.45, 2.75) is 12.6 Å². The molecule has 2 aliphatic rings. The van der Waals surface area contributed by atoms with E-state index < -0.39 is 11.6 Å². The van der Waals surface area contributed by atoms with Crippen LogP contribution in [0.15, 0.2) is 27.7 Å². The van der Waals surface area contributed by atoms with Crippen LogP contribution in [0, 0.1) is 23.5 Å². The number of halogens is 3. The largest absolute Gasteiger partial charge is 0.488 e. The van der Waals surface area contributed by atoms with E-state index in [-0.39, 0.29) is 35.9 Å². The summed E-state index contributed by atoms with van der Waals surface area (Å²) in [6.07, 6.45) is 4.07. The molecule has 1 aromatic carbocycles. The summed E-state index contributed by atoms with van der Waals surface area (Å²) < 4.78 is 39.9. The van der Waals surface area contributed by atoms with Gasteiger partial charge in [-0.25, -0.2) is 8.78 Å². The quantitative estimate of drug-likeness (QED) is 0.746. The third-order valence-corrected chi connectivity index (χ3v) is 4.84. The third kappa shape index (κ3) is 3.68. The van der Waals surface area contributed by atoms with E-state index in [1.54, 1.807) is 6.21 Å². The van der Waals surface area contributed by atoms with Gasteiger partial charge in [0.2, 0.25) is 0 Å². The molecule has 3 atom stereocenters. The van der Waals surface area contributed by atoms with Gasteiger partial charge in [-0.3, -0.25) is 10.3 Å². The minimum Gasteiger partial charge on any atom is -0.488 e. The van der Waals surface area contributed by atoms with Crippen LogP contribution in [0.25, 0.3) is 0 Å². The molecule has 1 saturated heterocycles. The Hall–Kier alpha value is -1.31. The Bertz CT molecular complexity index is 666. The third-order valence-electron chi connectivity index (χ3n) is 4.37. The van der Waals surface area contributed by atoms with Crippen molar-refractivity contribution in [2.24, 2.45) is 16.8 Å². The van der Waals surface area contributed by atoms with E-state index in [0.29, 0.717) is 19.6 Å². The maximum atomic E-state index is 14.6. The standard InChI is InChI=1S/C17H19BrF2N2O2/c1-23-4-5-24-15-3-2-14(19)13(16(15)20)6-10-8-21-17-12(10)7-11(18)9-22-17/h2-3,7,9-10,12,17,21H,4-6,8H2,1H3. The zero-order chi connectivity index (χ0) is 17.1. The van der Waals surface area contributed by atoms with E-state index in [0.717, 1.165) is 4.48 Å². The molecule has 0 aliphatic carbocycles. The topological polar surface area (TPSA) is 42.9 Å². The minimum absolute atomic E-state index is 0.0245. The molecule has 4 nitrogen and oxygen atoms in total. The van der Waals surface area contributed by atoms with Gasteiger partial charge in [0, 0.05) is 35.8 Å². The molecule has 130 valence electrons. The second-order valence-corrected chi connectivity index (χ2v) is 6.82. The lowest BCUT2D eigenvalue weighted by Gasteiger charge is -2.22. The van der Waals surface area contributed by atoms with Crippen molar-refractivity contribution in [3.63, 3.8) is 0 Å². The number of fused-ring (bicyclic) bond motifs is 1. The summed E-state index contributed by atoms with van der Waals surface area (Å²) in [7, 11) is 1.54. The molecule has 3 unspecified atom stereocenters. The molecule has 0 saturated carbocycles. The van der Waals surface area contributed by atoms with Crippen LogP contribution in [-0.4, -0.2) is 39.2 Å². The lowest BCUT2D eigenvalue weighted by molar-refractivity contribution is 0.143. The summed E-state index contributed by atoms with van der Waals surface area (Å²) in [5, 5.41) is 3.29. The number of rotatable bonds is 6. The highest BCUT2D eigenvalue weighted by Crippen LogP contribution is 2.34. The van der Waals surface area contributed by atoms with Crippen molar-refractivity contribution in [3.8, 4) is 5.75 Å². The number of benzene rings is 1. The molecule has 0 spiro atoms. The van der Waals surface area contributed by atoms with E-state index in [4.69, 9.17) is 9.47 Å². The Kier molecular flexibility index (Phi) is 5.63. The summed E-state index contributed by atoms with van der Waals surface area (Å²) in [5.41, 5.74) is 0.0662. The van der Waals surface area contributed by atoms with Crippen LogP contribution in [-0.2, 0) is 11.2 Å². The SMILES string of the molecule is COCCOc1ccc(F)c(CC2CNC3N=CC(Br)=CC23)c1F. The molecular formula is C17H19BrF2N2O2. The van der Waals surface area contributed by atoms with Gasteiger partial charge in [0.05, 0.1) is 6.61 Å². The fourth-order valence-electron chi connectivity index (χ4n) is 3.14. The van der Waals surface area contributed by atoms with Crippen LogP contribution >= 0.6 is 15.9 Å². The van der Waals surface area contributed by atoms with E-state index >= 15 is 0 Å². The predicted molar refractivity (Wildman–Crippen MR) is 91.7 cm³/mol. The van der Waals surface area contributed by atoms with Gasteiger partial charge in [0.1, 0.15) is 18.6 Å². The smallest absolute Gasteiger partial charge is 0.171 e. The molecule has 0 radical (unpaired) electrons. The first-order chi connectivity index (χ1) is 11.6. The van der Waals surface area contributed by atoms with Crippen LogP contribution in [0.3, 0.4) is 0 Å². The summed E-state index contributed by atoms with van der Waals surface area (Å²) in [6.45, 7) is 1.23. The van der Waals surface area contributed by atoms with E-state index in [2.05, 4.69) is 32.3 Å². The van der Waals surface area contributed by atoms with Gasteiger partial charge >= 0.3 is 0 Å². The molecule has 3 rings (SSSR count). The van der Waals surface area contributed by atoms with Crippen LogP contribution in [0.4, 0.5) is 8.78 Å². The molecule has 1 N–H and O–H groups in total. The van der Waals surface area contributed by atoms with E-state index in [9.17, 15) is 8.78 Å². The minimum atomic E-state index is -0.628. The second-order valence-electron chi connectivity index (χ2n) is 5.90. The zero-order valence-corrected chi connectivity index (χ0v) is 14.9. The number of nitrogens with one attached hydrogen (secondary N) is 1. The van der Waals surface area contributed by atoms with Gasteiger partial charge in [-0.2, -0.15) is 0 Å². The van der Waals surface area contributed by atoms with Crippen molar-refractivity contribution < 1.29 is 18.3 Å². The molecule has 2 aliphatic heterocycles. The molecule has 1 aromatic rings. The normalized spacial score (nSPS) is 25.5. The number of hydrogen-bond donors (Lipinski definition) is 1. The fraction of sp³-hybridized carbons (Fsp3) is 0.471. The Morgan fingerprint density at radius 3 is 2.96 bits per heavy atom. The highest BCUT2D eigenvalue weighted by Gasteiger charge is 2.36. The van der Waals surface area contributed by atoms with Crippen LogP contribution in [0.5, 0.6) is 5.75 Å². The summed E-state index contributed by atoms with van der Waals surface area (Å²) in [6, 6.07) is 2.58. The number of allylic oxidation sites excluding steroid dienone is 1. The molecule has 0 aromatic heterocycles. The first-order valence-corrected chi connectivity index (χ1v) is 8.62. The Balaban J connectivity index is 1.77. The first kappa shape index (κ1) is 17.5. The van der Waals surface area contributed by atoms with Gasteiger partial charge in [0.15, 0.2) is 11.6 Å². The Labute approximate surface area is 148 Å². The number of aliphatic imine (C=N–C) groups is 1. The second kappa shape index (κ2) is 7.72. The number of nitrogens with zero attached hydrogens (tertiary/aromatic N) is 1. The van der Waals surface area contributed by atoms with Crippen molar-refractivity contribution in [2.75, 3.05) is 26.9 Å². The van der Waals surface area contributed by atoms with Crippen molar-refractivity contribution in [1.82, 2.24) is 5.32 Å². The van der Waals surface area contributed by atoms with E-state index in [1.165, 1.54) is 19.2 Å². The highest BCUT2D eigenvalue weighted by molar-refractivity contribution is 9.12. The van der Waals surface area contributed by atoms with Gasteiger partial charge in [-0.1, -0.05) is 6.08 Å².